The molecule has 10 aromatic rings. The van der Waals surface area contributed by atoms with Crippen molar-refractivity contribution in [3.63, 3.8) is 0 Å². The van der Waals surface area contributed by atoms with Gasteiger partial charge in [-0.25, -0.2) is 0 Å². The second kappa shape index (κ2) is 27.4. The molecular weight excluding hydrogens is 833 g/mol. The fourth-order valence-electron chi connectivity index (χ4n) is 7.34. The normalized spacial score (nSPS) is 9.94. The van der Waals surface area contributed by atoms with E-state index in [2.05, 4.69) is 276 Å². The quantitative estimate of drug-likeness (QED) is 0.150. The van der Waals surface area contributed by atoms with Crippen molar-refractivity contribution < 1.29 is 0 Å². The fourth-order valence-corrected chi connectivity index (χ4v) is 7.34. The topological polar surface area (TPSA) is 6.48 Å². The lowest BCUT2D eigenvalue weighted by Crippen LogP contribution is -2.09. The van der Waals surface area contributed by atoms with Crippen molar-refractivity contribution in [2.24, 2.45) is 0 Å². The van der Waals surface area contributed by atoms with Crippen LogP contribution in [0.3, 0.4) is 0 Å². The lowest BCUT2D eigenvalue weighted by Gasteiger charge is -2.25. The van der Waals surface area contributed by atoms with Crippen LogP contribution in [0.5, 0.6) is 0 Å². The minimum absolute atomic E-state index is 1.14. The molecule has 0 bridgehead atoms. The molecule has 0 spiro atoms. The summed E-state index contributed by atoms with van der Waals surface area (Å²) in [5, 5.41) is 0. The van der Waals surface area contributed by atoms with Gasteiger partial charge >= 0.3 is 0 Å². The van der Waals surface area contributed by atoms with E-state index in [0.717, 1.165) is 23.5 Å². The Balaban J connectivity index is 0.000000161. The molecule has 0 heterocycles. The van der Waals surface area contributed by atoms with Gasteiger partial charge in [-0.1, -0.05) is 241 Å². The van der Waals surface area contributed by atoms with E-state index < -0.39 is 0 Å². The van der Waals surface area contributed by atoms with Crippen LogP contribution in [0.15, 0.2) is 279 Å². The Labute approximate surface area is 413 Å². The lowest BCUT2D eigenvalue weighted by atomic mass is 10.0. The molecule has 0 aliphatic heterocycles. The minimum atomic E-state index is 1.14. The maximum Gasteiger partial charge on any atom is 0.0462 e. The van der Waals surface area contributed by atoms with Gasteiger partial charge in [-0.2, -0.15) is 0 Å². The van der Waals surface area contributed by atoms with E-state index in [1.807, 2.05) is 54.6 Å². The smallest absolute Gasteiger partial charge is 0.0462 e. The van der Waals surface area contributed by atoms with Gasteiger partial charge in [0.1, 0.15) is 0 Å². The number of hydrogen-bond donors (Lipinski definition) is 0. The summed E-state index contributed by atoms with van der Waals surface area (Å²) in [5.41, 5.74) is 17.3. The maximum atomic E-state index is 2.29. The van der Waals surface area contributed by atoms with Crippen LogP contribution in [0.4, 0.5) is 34.1 Å². The van der Waals surface area contributed by atoms with E-state index in [-0.39, 0.29) is 0 Å². The van der Waals surface area contributed by atoms with Crippen LogP contribution in [0.2, 0.25) is 0 Å². The zero-order valence-corrected chi connectivity index (χ0v) is 41.2. The van der Waals surface area contributed by atoms with Crippen molar-refractivity contribution in [1.82, 2.24) is 0 Å². The van der Waals surface area contributed by atoms with Crippen LogP contribution in [-0.4, -0.2) is 0 Å². The molecule has 10 rings (SSSR count). The van der Waals surface area contributed by atoms with Gasteiger partial charge in [0.15, 0.2) is 0 Å². The average molecular weight is 899 g/mol. The van der Waals surface area contributed by atoms with E-state index in [0.29, 0.717) is 0 Å². The molecule has 0 amide bonds. The molecule has 2 heteroatoms. The Bertz CT molecular complexity index is 2810. The Hall–Kier alpha value is -8.20. The Morgan fingerprint density at radius 2 is 0.420 bits per heavy atom. The van der Waals surface area contributed by atoms with Crippen LogP contribution in [-0.2, 0) is 6.42 Å². The second-order valence-electron chi connectivity index (χ2n) is 16.9. The Morgan fingerprint density at radius 3 is 0.667 bits per heavy atom. The molecule has 0 unspecified atom stereocenters. The van der Waals surface area contributed by atoms with Gasteiger partial charge in [-0.15, -0.1) is 0 Å². The highest BCUT2D eigenvalue weighted by Gasteiger charge is 2.13. The zero-order valence-electron chi connectivity index (χ0n) is 41.2. The van der Waals surface area contributed by atoms with Crippen molar-refractivity contribution in [3.8, 4) is 11.1 Å². The van der Waals surface area contributed by atoms with Gasteiger partial charge in [0, 0.05) is 34.1 Å². The number of benzene rings is 10. The maximum absolute atomic E-state index is 2.29. The monoisotopic (exact) mass is 899 g/mol. The molecule has 0 radical (unpaired) electrons. The Kier molecular flexibility index (Phi) is 20.0. The average Bonchev–Trinajstić information content (AvgIpc) is 3.40. The van der Waals surface area contributed by atoms with Crippen molar-refractivity contribution in [2.75, 3.05) is 9.80 Å². The zero-order chi connectivity index (χ0) is 48.5. The first-order valence-electron chi connectivity index (χ1n) is 23.9. The summed E-state index contributed by atoms with van der Waals surface area (Å²) >= 11 is 0. The third-order valence-electron chi connectivity index (χ3n) is 11.3. The van der Waals surface area contributed by atoms with Crippen LogP contribution in [0, 0.1) is 34.6 Å². The van der Waals surface area contributed by atoms with E-state index >= 15 is 0 Å². The minimum Gasteiger partial charge on any atom is -0.311 e. The van der Waals surface area contributed by atoms with Crippen LogP contribution in [0.25, 0.3) is 11.1 Å². The number of nitrogens with zero attached hydrogens (tertiary/aromatic N) is 2. The van der Waals surface area contributed by atoms with Crippen molar-refractivity contribution in [2.45, 2.75) is 48.0 Å². The third kappa shape index (κ3) is 16.6. The highest BCUT2D eigenvalue weighted by Crippen LogP contribution is 2.36. The summed E-state index contributed by atoms with van der Waals surface area (Å²) in [7, 11) is 0. The van der Waals surface area contributed by atoms with E-state index in [1.54, 1.807) is 0 Å². The van der Waals surface area contributed by atoms with Crippen LogP contribution >= 0.6 is 0 Å². The number of rotatable bonds is 8. The summed E-state index contributed by atoms with van der Waals surface area (Å²) in [6.07, 6.45) is 1.14. The second-order valence-corrected chi connectivity index (χ2v) is 16.9. The van der Waals surface area contributed by atoms with E-state index in [9.17, 15) is 0 Å². The molecule has 10 aromatic carbocycles. The highest BCUT2D eigenvalue weighted by atomic mass is 15.1. The van der Waals surface area contributed by atoms with Gasteiger partial charge in [0.2, 0.25) is 0 Å². The van der Waals surface area contributed by atoms with Gasteiger partial charge in [-0.3, -0.25) is 0 Å². The predicted octanol–water partition coefficient (Wildman–Crippen LogP) is 19.1. The molecule has 2 nitrogen and oxygen atoms in total. The SMILES string of the molecule is CCc1ccccc1.Cc1ccc(-c2ccc(N(c3ccccc3)c3ccc(C)cc3)cc2)cc1.Cc1ccc(N(c2ccccc2)c2ccccc2)cc1.Cc1ccccc1.Cc1ccccc1. The number of hydrogen-bond acceptors (Lipinski definition) is 2. The first-order valence-corrected chi connectivity index (χ1v) is 23.9. The summed E-state index contributed by atoms with van der Waals surface area (Å²) < 4.78 is 0. The summed E-state index contributed by atoms with van der Waals surface area (Å²) in [5.74, 6) is 0. The molecule has 0 saturated carbocycles. The predicted molar refractivity (Wildman–Crippen MR) is 300 cm³/mol. The number of para-hydroxylation sites is 3. The molecular formula is C67H66N2. The molecule has 0 fully saturated rings. The van der Waals surface area contributed by atoms with Crippen molar-refractivity contribution in [3.05, 3.63) is 312 Å². The molecule has 0 atom stereocenters. The van der Waals surface area contributed by atoms with Gasteiger partial charge < -0.3 is 9.80 Å². The van der Waals surface area contributed by atoms with E-state index in [4.69, 9.17) is 0 Å². The molecule has 0 saturated heterocycles. The van der Waals surface area contributed by atoms with Gasteiger partial charge in [0.25, 0.3) is 0 Å². The highest BCUT2D eigenvalue weighted by molar-refractivity contribution is 5.79. The lowest BCUT2D eigenvalue weighted by molar-refractivity contribution is 1.14. The first-order chi connectivity index (χ1) is 33.8. The molecule has 69 heavy (non-hydrogen) atoms. The van der Waals surface area contributed by atoms with Gasteiger partial charge in [0.05, 0.1) is 0 Å². The van der Waals surface area contributed by atoms with Crippen molar-refractivity contribution in [1.29, 1.82) is 0 Å². The first kappa shape index (κ1) is 50.2. The molecule has 0 aliphatic rings. The van der Waals surface area contributed by atoms with Crippen LogP contribution in [0.1, 0.15) is 40.3 Å². The molecule has 0 N–H and O–H groups in total. The molecule has 344 valence electrons. The fraction of sp³-hybridized carbons (Fsp3) is 0.104. The third-order valence-corrected chi connectivity index (χ3v) is 11.3. The van der Waals surface area contributed by atoms with E-state index in [1.165, 1.54) is 61.6 Å². The Morgan fingerprint density at radius 1 is 0.217 bits per heavy atom. The molecule has 0 aromatic heterocycles. The standard InChI is InChI=1S/C26H23N.C19H17N.C8H10.2C7H8/c1-20-8-12-22(13-9-20)23-14-18-26(19-15-23)27(24-6-4-3-5-7-24)25-16-10-21(2)11-17-25;1-16-12-14-19(15-13-16)20(17-8-4-2-5-9-17)18-10-6-3-7-11-18;1-2-8-6-4-3-5-7-8;2*1-7-5-3-2-4-6-7/h3-19H,1-2H3;2-15H,1H3;3-7H,2H2,1H3;2*2-6H,1H3. The largest absolute Gasteiger partial charge is 0.311 e. The van der Waals surface area contributed by atoms with Gasteiger partial charge in [-0.05, 0) is 131 Å². The molecule has 0 aliphatic carbocycles. The summed E-state index contributed by atoms with van der Waals surface area (Å²) in [4.78, 5) is 4.55. The van der Waals surface area contributed by atoms with Crippen molar-refractivity contribution >= 4 is 34.1 Å². The summed E-state index contributed by atoms with van der Waals surface area (Å²) in [6, 6.07) is 97.1. The number of aryl methyl sites for hydroxylation is 6. The number of anilines is 6. The summed E-state index contributed by atoms with van der Waals surface area (Å²) in [6.45, 7) is 12.7. The van der Waals surface area contributed by atoms with Crippen LogP contribution < -0.4 is 9.80 Å².